The fourth-order valence-electron chi connectivity index (χ4n) is 3.06. The van der Waals surface area contributed by atoms with Crippen molar-refractivity contribution < 1.29 is 0 Å². The first kappa shape index (κ1) is 20.2. The van der Waals surface area contributed by atoms with E-state index in [2.05, 4.69) is 92.4 Å². The van der Waals surface area contributed by atoms with Crippen molar-refractivity contribution in [1.82, 2.24) is 0 Å². The lowest BCUT2D eigenvalue weighted by atomic mass is 9.86. The van der Waals surface area contributed by atoms with E-state index in [0.717, 1.165) is 16.7 Å². The van der Waals surface area contributed by atoms with Gasteiger partial charge in [-0.05, 0) is 40.8 Å². The van der Waals surface area contributed by atoms with Crippen molar-refractivity contribution in [1.29, 1.82) is 0 Å². The standard InChI is InChI=1S/C23H24Cl2NP/c1-23(2,3)19-14-15-22(27(24)25)18(16-19)17-26(20-10-6-4-7-11-20)21-12-8-5-9-13-21/h4-16H,17H2,1-3H3. The summed E-state index contributed by atoms with van der Waals surface area (Å²) in [5.41, 5.74) is 4.81. The van der Waals surface area contributed by atoms with E-state index in [1.165, 1.54) is 11.1 Å². The zero-order valence-electron chi connectivity index (χ0n) is 15.9. The van der Waals surface area contributed by atoms with Crippen molar-refractivity contribution in [2.24, 2.45) is 0 Å². The minimum Gasteiger partial charge on any atom is -0.337 e. The first-order valence-electron chi connectivity index (χ1n) is 8.99. The van der Waals surface area contributed by atoms with Crippen molar-refractivity contribution in [2.45, 2.75) is 32.7 Å². The van der Waals surface area contributed by atoms with Crippen LogP contribution < -0.4 is 10.2 Å². The minimum atomic E-state index is -1.22. The van der Waals surface area contributed by atoms with E-state index in [1.807, 2.05) is 12.1 Å². The Kier molecular flexibility index (Phi) is 6.48. The van der Waals surface area contributed by atoms with Gasteiger partial charge in [0.25, 0.3) is 0 Å². The normalized spacial score (nSPS) is 11.6. The lowest BCUT2D eigenvalue weighted by molar-refractivity contribution is 0.589. The summed E-state index contributed by atoms with van der Waals surface area (Å²) in [6, 6.07) is 27.3. The number of anilines is 2. The zero-order chi connectivity index (χ0) is 19.4. The molecule has 0 unspecified atom stereocenters. The van der Waals surface area contributed by atoms with E-state index >= 15 is 0 Å². The maximum atomic E-state index is 6.36. The number of halogens is 2. The van der Waals surface area contributed by atoms with Gasteiger partial charge in [-0.15, -0.1) is 0 Å². The topological polar surface area (TPSA) is 3.24 Å². The van der Waals surface area contributed by atoms with Crippen LogP contribution in [0.15, 0.2) is 78.9 Å². The molecule has 0 bridgehead atoms. The smallest absolute Gasteiger partial charge is 0.117 e. The maximum absolute atomic E-state index is 6.36. The Labute approximate surface area is 173 Å². The number of hydrogen-bond donors (Lipinski definition) is 0. The fraction of sp³-hybridized carbons (Fsp3) is 0.217. The summed E-state index contributed by atoms with van der Waals surface area (Å²) in [5, 5.41) is 1.03. The Hall–Kier alpha value is -1.53. The van der Waals surface area contributed by atoms with Crippen LogP contribution in [-0.2, 0) is 12.0 Å². The molecular formula is C23H24Cl2NP. The first-order valence-corrected chi connectivity index (χ1v) is 12.1. The second-order valence-electron chi connectivity index (χ2n) is 7.58. The number of benzene rings is 3. The van der Waals surface area contributed by atoms with Gasteiger partial charge in [0.1, 0.15) is 6.63 Å². The van der Waals surface area contributed by atoms with Crippen LogP contribution in [-0.4, -0.2) is 0 Å². The molecule has 0 aromatic heterocycles. The third-order valence-electron chi connectivity index (χ3n) is 4.59. The molecule has 0 amide bonds. The van der Waals surface area contributed by atoms with Gasteiger partial charge >= 0.3 is 0 Å². The van der Waals surface area contributed by atoms with Crippen molar-refractivity contribution in [3.8, 4) is 0 Å². The molecule has 3 rings (SSSR count). The van der Waals surface area contributed by atoms with Crippen LogP contribution in [0.1, 0.15) is 31.9 Å². The molecule has 0 saturated carbocycles. The Morgan fingerprint density at radius 1 is 0.778 bits per heavy atom. The third kappa shape index (κ3) is 5.05. The monoisotopic (exact) mass is 415 g/mol. The molecule has 0 atom stereocenters. The lowest BCUT2D eigenvalue weighted by Gasteiger charge is -2.28. The van der Waals surface area contributed by atoms with E-state index in [9.17, 15) is 0 Å². The SMILES string of the molecule is CC(C)(C)c1ccc(P(Cl)Cl)c(CN(c2ccccc2)c2ccccc2)c1. The molecule has 0 N–H and O–H groups in total. The summed E-state index contributed by atoms with van der Waals surface area (Å²) in [6.07, 6.45) is 0. The summed E-state index contributed by atoms with van der Waals surface area (Å²) in [7, 11) is 0. The minimum absolute atomic E-state index is 0.0684. The number of nitrogens with zero attached hydrogens (tertiary/aromatic N) is 1. The van der Waals surface area contributed by atoms with Crippen LogP contribution >= 0.6 is 29.1 Å². The molecule has 0 fully saturated rings. The highest BCUT2D eigenvalue weighted by molar-refractivity contribution is 8.08. The van der Waals surface area contributed by atoms with Crippen LogP contribution in [0, 0.1) is 0 Å². The summed E-state index contributed by atoms with van der Waals surface area (Å²) < 4.78 is 0. The predicted octanol–water partition coefficient (Wildman–Crippen LogP) is 7.74. The molecule has 0 aliphatic heterocycles. The van der Waals surface area contributed by atoms with Gasteiger partial charge in [-0.3, -0.25) is 0 Å². The molecule has 0 spiro atoms. The van der Waals surface area contributed by atoms with Crippen molar-refractivity contribution in [2.75, 3.05) is 4.90 Å². The summed E-state index contributed by atoms with van der Waals surface area (Å²) in [6.45, 7) is 6.17. The van der Waals surface area contributed by atoms with Crippen molar-refractivity contribution >= 4 is 45.8 Å². The van der Waals surface area contributed by atoms with Crippen molar-refractivity contribution in [3.05, 3.63) is 90.0 Å². The number of hydrogen-bond acceptors (Lipinski definition) is 1. The molecule has 1 nitrogen and oxygen atoms in total. The van der Waals surface area contributed by atoms with Crippen LogP contribution in [0.3, 0.4) is 0 Å². The van der Waals surface area contributed by atoms with Crippen LogP contribution in [0.4, 0.5) is 11.4 Å². The molecule has 140 valence electrons. The highest BCUT2D eigenvalue weighted by atomic mass is 35.9. The van der Waals surface area contributed by atoms with Gasteiger partial charge in [0.05, 0.1) is 0 Å². The van der Waals surface area contributed by atoms with E-state index in [4.69, 9.17) is 22.5 Å². The largest absolute Gasteiger partial charge is 0.337 e. The van der Waals surface area contributed by atoms with Crippen LogP contribution in [0.5, 0.6) is 0 Å². The van der Waals surface area contributed by atoms with Crippen LogP contribution in [0.2, 0.25) is 0 Å². The molecule has 0 heterocycles. The predicted molar refractivity (Wildman–Crippen MR) is 122 cm³/mol. The summed E-state index contributed by atoms with van der Waals surface area (Å²) >= 11 is 12.7. The zero-order valence-corrected chi connectivity index (χ0v) is 18.3. The van der Waals surface area contributed by atoms with E-state index < -0.39 is 6.63 Å². The molecule has 0 saturated heterocycles. The summed E-state index contributed by atoms with van der Waals surface area (Å²) in [4.78, 5) is 2.30. The van der Waals surface area contributed by atoms with Gasteiger partial charge in [0, 0.05) is 23.2 Å². The Morgan fingerprint density at radius 2 is 1.30 bits per heavy atom. The van der Waals surface area contributed by atoms with Gasteiger partial charge in [0.2, 0.25) is 0 Å². The van der Waals surface area contributed by atoms with Gasteiger partial charge in [0.15, 0.2) is 0 Å². The number of rotatable bonds is 5. The lowest BCUT2D eigenvalue weighted by Crippen LogP contribution is -2.22. The number of para-hydroxylation sites is 2. The molecule has 0 radical (unpaired) electrons. The highest BCUT2D eigenvalue weighted by Crippen LogP contribution is 2.47. The molecule has 27 heavy (non-hydrogen) atoms. The second-order valence-corrected chi connectivity index (χ2v) is 11.1. The molecular weight excluding hydrogens is 392 g/mol. The maximum Gasteiger partial charge on any atom is 0.117 e. The van der Waals surface area contributed by atoms with Crippen LogP contribution in [0.25, 0.3) is 0 Å². The first-order chi connectivity index (χ1) is 12.9. The third-order valence-corrected chi connectivity index (χ3v) is 6.48. The Morgan fingerprint density at radius 3 is 1.74 bits per heavy atom. The van der Waals surface area contributed by atoms with Crippen molar-refractivity contribution in [3.63, 3.8) is 0 Å². The average molecular weight is 416 g/mol. The Balaban J connectivity index is 2.08. The van der Waals surface area contributed by atoms with E-state index in [1.54, 1.807) is 0 Å². The van der Waals surface area contributed by atoms with E-state index in [-0.39, 0.29) is 5.41 Å². The van der Waals surface area contributed by atoms with Gasteiger partial charge in [-0.25, -0.2) is 0 Å². The second kappa shape index (κ2) is 8.65. The average Bonchev–Trinajstić information content (AvgIpc) is 2.66. The molecule has 0 aliphatic rings. The molecule has 3 aromatic rings. The molecule has 4 heteroatoms. The van der Waals surface area contributed by atoms with Gasteiger partial charge in [-0.1, -0.05) is 97.9 Å². The van der Waals surface area contributed by atoms with Gasteiger partial charge < -0.3 is 4.90 Å². The fourth-order valence-corrected chi connectivity index (χ4v) is 4.59. The molecule has 3 aromatic carbocycles. The summed E-state index contributed by atoms with van der Waals surface area (Å²) in [5.74, 6) is 0. The Bertz CT molecular complexity index is 834. The molecule has 0 aliphatic carbocycles. The highest BCUT2D eigenvalue weighted by Gasteiger charge is 2.20. The quantitative estimate of drug-likeness (QED) is 0.385. The van der Waals surface area contributed by atoms with Gasteiger partial charge in [-0.2, -0.15) is 0 Å². The van der Waals surface area contributed by atoms with E-state index in [0.29, 0.717) is 6.54 Å².